The number of nitrogens with one attached hydrogen (secondary N) is 1. The minimum absolute atomic E-state index is 0.0628. The predicted octanol–water partition coefficient (Wildman–Crippen LogP) is 4.10. The monoisotopic (exact) mass is 469 g/mol. The van der Waals surface area contributed by atoms with Crippen LogP contribution >= 0.6 is 0 Å². The van der Waals surface area contributed by atoms with Crippen LogP contribution in [0.3, 0.4) is 0 Å². The highest BCUT2D eigenvalue weighted by Crippen LogP contribution is 2.33. The number of hydrogen-bond acceptors (Lipinski definition) is 4. The summed E-state index contributed by atoms with van der Waals surface area (Å²) in [5.41, 5.74) is 3.83. The van der Waals surface area contributed by atoms with Gasteiger partial charge in [-0.3, -0.25) is 9.59 Å². The van der Waals surface area contributed by atoms with Crippen LogP contribution in [0.25, 0.3) is 21.9 Å². The van der Waals surface area contributed by atoms with E-state index in [2.05, 4.69) is 22.3 Å². The second kappa shape index (κ2) is 11.0. The molecule has 4 rings (SSSR count). The second-order valence-electron chi connectivity index (χ2n) is 8.81. The molecule has 1 heterocycles. The van der Waals surface area contributed by atoms with E-state index in [9.17, 15) is 9.59 Å². The van der Waals surface area contributed by atoms with Gasteiger partial charge in [-0.1, -0.05) is 60.7 Å². The maximum atomic E-state index is 13.7. The maximum absolute atomic E-state index is 13.7. The van der Waals surface area contributed by atoms with E-state index in [0.717, 1.165) is 27.8 Å². The highest BCUT2D eigenvalue weighted by atomic mass is 16.5. The third-order valence-corrected chi connectivity index (χ3v) is 5.98. The van der Waals surface area contributed by atoms with Gasteiger partial charge in [0.15, 0.2) is 0 Å². The minimum Gasteiger partial charge on any atom is -0.497 e. The average molecular weight is 470 g/mol. The number of aromatic nitrogens is 1. The zero-order valence-electron chi connectivity index (χ0n) is 20.5. The van der Waals surface area contributed by atoms with Crippen molar-refractivity contribution in [2.75, 3.05) is 27.7 Å². The highest BCUT2D eigenvalue weighted by molar-refractivity contribution is 5.98. The number of amides is 1. The van der Waals surface area contributed by atoms with E-state index in [1.807, 2.05) is 80.8 Å². The van der Waals surface area contributed by atoms with Crippen LogP contribution < -0.4 is 15.6 Å². The summed E-state index contributed by atoms with van der Waals surface area (Å²) in [4.78, 5) is 28.2. The highest BCUT2D eigenvalue weighted by Gasteiger charge is 2.19. The number of benzene rings is 3. The topological polar surface area (TPSA) is 63.6 Å². The van der Waals surface area contributed by atoms with Crippen molar-refractivity contribution in [1.82, 2.24) is 14.8 Å². The number of ether oxygens (including phenoxy) is 1. The van der Waals surface area contributed by atoms with Crippen LogP contribution in [0.2, 0.25) is 0 Å². The Labute approximate surface area is 205 Å². The molecule has 0 spiro atoms. The molecule has 0 bridgehead atoms. The molecular formula is C29H31N3O3. The molecule has 0 aliphatic heterocycles. The first-order valence-corrected chi connectivity index (χ1v) is 11.7. The molecule has 0 saturated carbocycles. The quantitative estimate of drug-likeness (QED) is 0.401. The third-order valence-electron chi connectivity index (χ3n) is 5.98. The summed E-state index contributed by atoms with van der Waals surface area (Å²) in [6, 6.07) is 25.3. The molecule has 0 aliphatic carbocycles. The molecule has 1 aromatic heterocycles. The van der Waals surface area contributed by atoms with Gasteiger partial charge in [-0.2, -0.15) is 0 Å². The van der Waals surface area contributed by atoms with Crippen molar-refractivity contribution in [3.8, 4) is 16.9 Å². The Hall–Kier alpha value is -3.90. The fraction of sp³-hybridized carbons (Fsp3) is 0.241. The van der Waals surface area contributed by atoms with Gasteiger partial charge >= 0.3 is 0 Å². The Kier molecular flexibility index (Phi) is 7.63. The van der Waals surface area contributed by atoms with Crippen LogP contribution in [0.5, 0.6) is 5.75 Å². The summed E-state index contributed by atoms with van der Waals surface area (Å²) in [6.45, 7) is 1.32. The van der Waals surface area contributed by atoms with Crippen molar-refractivity contribution in [2.24, 2.45) is 0 Å². The first-order chi connectivity index (χ1) is 17.0. The van der Waals surface area contributed by atoms with Gasteiger partial charge in [0.25, 0.3) is 5.56 Å². The molecular weight excluding hydrogens is 438 g/mol. The predicted molar refractivity (Wildman–Crippen MR) is 141 cm³/mol. The molecule has 0 radical (unpaired) electrons. The largest absolute Gasteiger partial charge is 0.497 e. The number of hydrogen-bond donors (Lipinski definition) is 1. The van der Waals surface area contributed by atoms with Gasteiger partial charge in [0, 0.05) is 41.7 Å². The van der Waals surface area contributed by atoms with E-state index >= 15 is 0 Å². The molecule has 6 heteroatoms. The summed E-state index contributed by atoms with van der Waals surface area (Å²) in [6.07, 6.45) is 0.313. The Bertz CT molecular complexity index is 1360. The molecule has 3 aromatic carbocycles. The van der Waals surface area contributed by atoms with E-state index < -0.39 is 0 Å². The van der Waals surface area contributed by atoms with Crippen molar-refractivity contribution >= 4 is 16.7 Å². The van der Waals surface area contributed by atoms with E-state index in [1.165, 1.54) is 0 Å². The van der Waals surface area contributed by atoms with Gasteiger partial charge in [-0.05, 0) is 43.4 Å². The lowest BCUT2D eigenvalue weighted by atomic mass is 9.96. The first-order valence-electron chi connectivity index (χ1n) is 11.7. The summed E-state index contributed by atoms with van der Waals surface area (Å²) >= 11 is 0. The van der Waals surface area contributed by atoms with Crippen LogP contribution in [-0.2, 0) is 24.3 Å². The van der Waals surface area contributed by atoms with Gasteiger partial charge in [0.1, 0.15) is 5.75 Å². The molecule has 180 valence electrons. The van der Waals surface area contributed by atoms with E-state index in [1.54, 1.807) is 11.7 Å². The second-order valence-corrected chi connectivity index (χ2v) is 8.81. The number of carbonyl (C=O) groups is 1. The molecule has 6 nitrogen and oxygen atoms in total. The zero-order valence-corrected chi connectivity index (χ0v) is 20.5. The number of methoxy groups -OCH3 is 1. The molecule has 4 aromatic rings. The molecule has 0 fully saturated rings. The lowest BCUT2D eigenvalue weighted by molar-refractivity contribution is -0.120. The molecule has 1 amide bonds. The van der Waals surface area contributed by atoms with Gasteiger partial charge in [0.2, 0.25) is 5.91 Å². The van der Waals surface area contributed by atoms with Gasteiger partial charge < -0.3 is 19.5 Å². The lowest BCUT2D eigenvalue weighted by Gasteiger charge is -2.23. The van der Waals surface area contributed by atoms with E-state index in [4.69, 9.17) is 4.74 Å². The molecule has 0 saturated heterocycles. The SMILES string of the molecule is COc1ccc2c(=O)n(CCNC(=O)Cc3ccccc3)c(CN(C)C)c(-c3ccccc3)c2c1. The van der Waals surface area contributed by atoms with Crippen molar-refractivity contribution in [3.05, 3.63) is 100 Å². The van der Waals surface area contributed by atoms with Gasteiger partial charge in [-0.25, -0.2) is 0 Å². The summed E-state index contributed by atoms with van der Waals surface area (Å²) in [7, 11) is 5.60. The molecule has 0 unspecified atom stereocenters. The third kappa shape index (κ3) is 5.61. The maximum Gasteiger partial charge on any atom is 0.258 e. The smallest absolute Gasteiger partial charge is 0.258 e. The van der Waals surface area contributed by atoms with Gasteiger partial charge in [-0.15, -0.1) is 0 Å². The van der Waals surface area contributed by atoms with Gasteiger partial charge in [0.05, 0.1) is 13.5 Å². The number of fused-ring (bicyclic) bond motifs is 1. The number of rotatable bonds is 9. The van der Waals surface area contributed by atoms with E-state index in [-0.39, 0.29) is 11.5 Å². The Morgan fingerprint density at radius 1 is 0.943 bits per heavy atom. The fourth-order valence-corrected chi connectivity index (χ4v) is 4.38. The summed E-state index contributed by atoms with van der Waals surface area (Å²) in [5, 5.41) is 4.47. The van der Waals surface area contributed by atoms with Crippen molar-refractivity contribution < 1.29 is 9.53 Å². The van der Waals surface area contributed by atoms with Crippen LogP contribution in [-0.4, -0.2) is 43.1 Å². The lowest BCUT2D eigenvalue weighted by Crippen LogP contribution is -2.34. The Balaban J connectivity index is 1.75. The molecule has 35 heavy (non-hydrogen) atoms. The van der Waals surface area contributed by atoms with Crippen LogP contribution in [0.1, 0.15) is 11.3 Å². The minimum atomic E-state index is -0.0727. The summed E-state index contributed by atoms with van der Waals surface area (Å²) < 4.78 is 7.28. The fourth-order valence-electron chi connectivity index (χ4n) is 4.38. The Morgan fingerprint density at radius 2 is 1.63 bits per heavy atom. The normalized spacial score (nSPS) is 11.1. The first kappa shape index (κ1) is 24.2. The van der Waals surface area contributed by atoms with Crippen LogP contribution in [0.4, 0.5) is 0 Å². The molecule has 0 aliphatic rings. The van der Waals surface area contributed by atoms with Crippen molar-refractivity contribution in [3.63, 3.8) is 0 Å². The molecule has 0 atom stereocenters. The van der Waals surface area contributed by atoms with Crippen LogP contribution in [0.15, 0.2) is 83.7 Å². The number of pyridine rings is 1. The standard InChI is InChI=1S/C29H31N3O3/c1-31(2)20-26-28(22-12-8-5-9-13-22)25-19-23(35-3)14-15-24(25)29(34)32(26)17-16-30-27(33)18-21-10-6-4-7-11-21/h4-15,19H,16-18,20H2,1-3H3,(H,30,33). The van der Waals surface area contributed by atoms with E-state index in [0.29, 0.717) is 37.2 Å². The van der Waals surface area contributed by atoms with Crippen molar-refractivity contribution in [2.45, 2.75) is 19.5 Å². The van der Waals surface area contributed by atoms with Crippen molar-refractivity contribution in [1.29, 1.82) is 0 Å². The summed E-state index contributed by atoms with van der Waals surface area (Å²) in [5.74, 6) is 0.642. The average Bonchev–Trinajstić information content (AvgIpc) is 2.86. The zero-order chi connectivity index (χ0) is 24.8. The van der Waals surface area contributed by atoms with Crippen LogP contribution in [0, 0.1) is 0 Å². The number of carbonyl (C=O) groups excluding carboxylic acids is 1. The Morgan fingerprint density at radius 3 is 2.29 bits per heavy atom. The molecule has 1 N–H and O–H groups in total. The number of nitrogens with zero attached hydrogens (tertiary/aromatic N) is 2.